The topological polar surface area (TPSA) is 25.8 Å². The average molecular weight is 743 g/mol. The van der Waals surface area contributed by atoms with Gasteiger partial charge >= 0.3 is 0 Å². The smallest absolute Gasteiger partial charge is 0.160 e. The van der Waals surface area contributed by atoms with Crippen molar-refractivity contribution >= 4 is 53.1 Å². The first kappa shape index (κ1) is 33.2. The third-order valence-corrected chi connectivity index (χ3v) is 12.2. The van der Waals surface area contributed by atoms with Crippen LogP contribution in [0.25, 0.3) is 109 Å². The molecule has 2 nitrogen and oxygen atoms in total. The summed E-state index contributed by atoms with van der Waals surface area (Å²) in [6.07, 6.45) is 0. The largest absolute Gasteiger partial charge is 0.228 e. The molecule has 0 saturated heterocycles. The van der Waals surface area contributed by atoms with Crippen LogP contribution >= 0.6 is 11.3 Å². The molecule has 11 aromatic rings. The standard InChI is InChI=1S/C54H34N2S/c1-2-15-37(16-3-1)54-55-50(40-20-10-19-39(29-40)46-24-11-17-35-13-4-6-21-44(35)46)34-51(56-54)43-31-41(30-42(32-43)47-25-12-18-36-14-5-7-22-45(36)47)38-27-28-53-49(33-38)48-23-8-9-26-52(48)57-53/h1-34H. The molecule has 0 spiro atoms. The molecule has 0 atom stereocenters. The Kier molecular flexibility index (Phi) is 8.04. The van der Waals surface area contributed by atoms with Crippen molar-refractivity contribution in [1.82, 2.24) is 9.97 Å². The predicted octanol–water partition coefficient (Wildman–Crippen LogP) is 15.2. The molecule has 0 aliphatic heterocycles. The Morgan fingerprint density at radius 1 is 0.281 bits per heavy atom. The lowest BCUT2D eigenvalue weighted by Gasteiger charge is -2.15. The second kappa shape index (κ2) is 13.8. The van der Waals surface area contributed by atoms with Crippen LogP contribution in [0.5, 0.6) is 0 Å². The van der Waals surface area contributed by atoms with E-state index in [0.29, 0.717) is 5.82 Å². The van der Waals surface area contributed by atoms with E-state index in [2.05, 4.69) is 200 Å². The van der Waals surface area contributed by atoms with Crippen molar-refractivity contribution in [1.29, 1.82) is 0 Å². The summed E-state index contributed by atoms with van der Waals surface area (Å²) in [6, 6.07) is 74.1. The molecule has 0 radical (unpaired) electrons. The van der Waals surface area contributed by atoms with Gasteiger partial charge in [0.05, 0.1) is 11.4 Å². The minimum atomic E-state index is 0.696. The fourth-order valence-electron chi connectivity index (χ4n) is 8.26. The van der Waals surface area contributed by atoms with Crippen molar-refractivity contribution in [2.75, 3.05) is 0 Å². The number of rotatable bonds is 6. The number of hydrogen-bond donors (Lipinski definition) is 0. The average Bonchev–Trinajstić information content (AvgIpc) is 3.67. The highest BCUT2D eigenvalue weighted by Crippen LogP contribution is 2.40. The molecule has 266 valence electrons. The van der Waals surface area contributed by atoms with Gasteiger partial charge in [-0.25, -0.2) is 9.97 Å². The zero-order valence-electron chi connectivity index (χ0n) is 30.9. The zero-order valence-corrected chi connectivity index (χ0v) is 31.7. The molecule has 57 heavy (non-hydrogen) atoms. The Morgan fingerprint density at radius 3 is 1.58 bits per heavy atom. The van der Waals surface area contributed by atoms with Crippen molar-refractivity contribution in [3.05, 3.63) is 206 Å². The van der Waals surface area contributed by atoms with Gasteiger partial charge in [0.15, 0.2) is 5.82 Å². The van der Waals surface area contributed by atoms with E-state index in [1.807, 2.05) is 17.4 Å². The number of nitrogens with zero attached hydrogens (tertiary/aromatic N) is 2. The Morgan fingerprint density at radius 2 is 0.807 bits per heavy atom. The first-order valence-corrected chi connectivity index (χ1v) is 20.1. The van der Waals surface area contributed by atoms with Gasteiger partial charge in [0, 0.05) is 36.9 Å². The molecule has 0 fully saturated rings. The highest BCUT2D eigenvalue weighted by atomic mass is 32.1. The van der Waals surface area contributed by atoms with Gasteiger partial charge in [-0.2, -0.15) is 0 Å². The van der Waals surface area contributed by atoms with E-state index >= 15 is 0 Å². The maximum absolute atomic E-state index is 5.33. The highest BCUT2D eigenvalue weighted by molar-refractivity contribution is 7.25. The van der Waals surface area contributed by atoms with Crippen molar-refractivity contribution in [2.24, 2.45) is 0 Å². The van der Waals surface area contributed by atoms with Gasteiger partial charge in [-0.05, 0) is 103 Å². The first-order chi connectivity index (χ1) is 28.2. The third kappa shape index (κ3) is 6.06. The molecule has 0 aliphatic carbocycles. The van der Waals surface area contributed by atoms with Gasteiger partial charge in [-0.3, -0.25) is 0 Å². The monoisotopic (exact) mass is 742 g/mol. The molecule has 0 unspecified atom stereocenters. The predicted molar refractivity (Wildman–Crippen MR) is 243 cm³/mol. The van der Waals surface area contributed by atoms with Crippen LogP contribution in [-0.2, 0) is 0 Å². The number of fused-ring (bicyclic) bond motifs is 5. The van der Waals surface area contributed by atoms with Crippen LogP contribution in [0.1, 0.15) is 0 Å². The van der Waals surface area contributed by atoms with Crippen LogP contribution in [0.3, 0.4) is 0 Å². The van der Waals surface area contributed by atoms with E-state index in [9.17, 15) is 0 Å². The van der Waals surface area contributed by atoms with E-state index in [4.69, 9.17) is 9.97 Å². The molecule has 0 amide bonds. The van der Waals surface area contributed by atoms with Crippen molar-refractivity contribution in [3.63, 3.8) is 0 Å². The van der Waals surface area contributed by atoms with Gasteiger partial charge in [0.1, 0.15) is 0 Å². The fourth-order valence-corrected chi connectivity index (χ4v) is 9.35. The van der Waals surface area contributed by atoms with Crippen LogP contribution in [0, 0.1) is 0 Å². The molecule has 2 aromatic heterocycles. The lowest BCUT2D eigenvalue weighted by Crippen LogP contribution is -1.97. The maximum atomic E-state index is 5.33. The van der Waals surface area contributed by atoms with E-state index in [1.165, 1.54) is 58.4 Å². The number of thiophene rings is 1. The van der Waals surface area contributed by atoms with Gasteiger partial charge in [-0.15, -0.1) is 11.3 Å². The SMILES string of the molecule is c1ccc(-c2nc(-c3cccc(-c4cccc5ccccc45)c3)cc(-c3cc(-c4ccc5sc6ccccc6c5c4)cc(-c4cccc5ccccc45)c3)n2)cc1. The summed E-state index contributed by atoms with van der Waals surface area (Å²) in [4.78, 5) is 10.6. The molecule has 0 saturated carbocycles. The summed E-state index contributed by atoms with van der Waals surface area (Å²) in [7, 11) is 0. The van der Waals surface area contributed by atoms with Crippen LogP contribution < -0.4 is 0 Å². The molecule has 0 N–H and O–H groups in total. The van der Waals surface area contributed by atoms with E-state index < -0.39 is 0 Å². The first-order valence-electron chi connectivity index (χ1n) is 19.3. The van der Waals surface area contributed by atoms with Crippen molar-refractivity contribution < 1.29 is 0 Å². The molecule has 9 aromatic carbocycles. The maximum Gasteiger partial charge on any atom is 0.160 e. The summed E-state index contributed by atoms with van der Waals surface area (Å²) in [5.74, 6) is 0.696. The Bertz CT molecular complexity index is 3300. The van der Waals surface area contributed by atoms with Gasteiger partial charge < -0.3 is 0 Å². The van der Waals surface area contributed by atoms with Crippen molar-refractivity contribution in [2.45, 2.75) is 0 Å². The van der Waals surface area contributed by atoms with E-state index in [1.54, 1.807) is 0 Å². The Hall–Kier alpha value is -7.20. The Labute approximate surface area is 335 Å². The molecular formula is C54H34N2S. The number of hydrogen-bond acceptors (Lipinski definition) is 3. The number of aromatic nitrogens is 2. The van der Waals surface area contributed by atoms with Crippen LogP contribution in [0.15, 0.2) is 206 Å². The molecular weight excluding hydrogens is 709 g/mol. The summed E-state index contributed by atoms with van der Waals surface area (Å²) < 4.78 is 2.60. The summed E-state index contributed by atoms with van der Waals surface area (Å²) in [6.45, 7) is 0. The van der Waals surface area contributed by atoms with Gasteiger partial charge in [-0.1, -0.05) is 158 Å². The van der Waals surface area contributed by atoms with Gasteiger partial charge in [0.25, 0.3) is 0 Å². The summed E-state index contributed by atoms with van der Waals surface area (Å²) in [5, 5.41) is 7.48. The van der Waals surface area contributed by atoms with Crippen LogP contribution in [0.2, 0.25) is 0 Å². The van der Waals surface area contributed by atoms with Crippen LogP contribution in [0.4, 0.5) is 0 Å². The van der Waals surface area contributed by atoms with Crippen molar-refractivity contribution in [3.8, 4) is 67.3 Å². The minimum absolute atomic E-state index is 0.696. The zero-order chi connectivity index (χ0) is 37.7. The highest BCUT2D eigenvalue weighted by Gasteiger charge is 2.16. The third-order valence-electron chi connectivity index (χ3n) is 11.1. The van der Waals surface area contributed by atoms with E-state index in [-0.39, 0.29) is 0 Å². The molecule has 3 heteroatoms. The normalized spacial score (nSPS) is 11.5. The fraction of sp³-hybridized carbons (Fsp3) is 0. The van der Waals surface area contributed by atoms with Gasteiger partial charge in [0.2, 0.25) is 0 Å². The summed E-state index contributed by atoms with van der Waals surface area (Å²) >= 11 is 1.85. The quantitative estimate of drug-likeness (QED) is 0.170. The molecule has 11 rings (SSSR count). The lowest BCUT2D eigenvalue weighted by atomic mass is 9.91. The second-order valence-electron chi connectivity index (χ2n) is 14.6. The second-order valence-corrected chi connectivity index (χ2v) is 15.7. The Balaban J connectivity index is 1.13. The molecule has 2 heterocycles. The van der Waals surface area contributed by atoms with Crippen LogP contribution in [-0.4, -0.2) is 9.97 Å². The summed E-state index contributed by atoms with van der Waals surface area (Å²) in [5.41, 5.74) is 11.8. The molecule has 0 aliphatic rings. The molecule has 0 bridgehead atoms. The lowest BCUT2D eigenvalue weighted by molar-refractivity contribution is 1.18. The van der Waals surface area contributed by atoms with E-state index in [0.717, 1.165) is 44.8 Å². The number of benzene rings is 9. The minimum Gasteiger partial charge on any atom is -0.228 e.